The summed E-state index contributed by atoms with van der Waals surface area (Å²) in [5.41, 5.74) is 0.755. The highest BCUT2D eigenvalue weighted by Gasteiger charge is 2.21. The molecule has 1 fully saturated rings. The van der Waals surface area contributed by atoms with Gasteiger partial charge in [0.15, 0.2) is 0 Å². The molecular weight excluding hydrogens is 294 g/mol. The SMILES string of the molecule is CCn1cc(Br)cc1C(=O)N(C)CC1CCCN1. The van der Waals surface area contributed by atoms with Gasteiger partial charge in [0.1, 0.15) is 5.69 Å². The van der Waals surface area contributed by atoms with E-state index in [9.17, 15) is 4.79 Å². The average Bonchev–Trinajstić information content (AvgIpc) is 2.97. The molecule has 1 atom stereocenters. The van der Waals surface area contributed by atoms with Crippen molar-refractivity contribution in [2.45, 2.75) is 32.4 Å². The second-order valence-corrected chi connectivity index (χ2v) is 5.72. The van der Waals surface area contributed by atoms with Crippen LogP contribution in [0.3, 0.4) is 0 Å². The van der Waals surface area contributed by atoms with Crippen LogP contribution < -0.4 is 5.32 Å². The number of carbonyl (C=O) groups is 1. The van der Waals surface area contributed by atoms with E-state index in [0.717, 1.165) is 36.2 Å². The van der Waals surface area contributed by atoms with Gasteiger partial charge in [-0.2, -0.15) is 0 Å². The summed E-state index contributed by atoms with van der Waals surface area (Å²) in [7, 11) is 1.88. The number of nitrogens with zero attached hydrogens (tertiary/aromatic N) is 2. The third-order valence-electron chi connectivity index (χ3n) is 3.43. The van der Waals surface area contributed by atoms with Gasteiger partial charge in [-0.05, 0) is 48.3 Å². The summed E-state index contributed by atoms with van der Waals surface area (Å²) in [6, 6.07) is 2.34. The lowest BCUT2D eigenvalue weighted by atomic mass is 10.2. The fraction of sp³-hybridized carbons (Fsp3) is 0.615. The van der Waals surface area contributed by atoms with Crippen LogP contribution in [0.25, 0.3) is 0 Å². The van der Waals surface area contributed by atoms with Gasteiger partial charge in [-0.3, -0.25) is 4.79 Å². The number of halogens is 1. The predicted octanol–water partition coefficient (Wildman–Crippen LogP) is 2.09. The summed E-state index contributed by atoms with van der Waals surface area (Å²) in [4.78, 5) is 14.2. The van der Waals surface area contributed by atoms with Gasteiger partial charge >= 0.3 is 0 Å². The van der Waals surface area contributed by atoms with Gasteiger partial charge in [0.25, 0.3) is 5.91 Å². The topological polar surface area (TPSA) is 37.3 Å². The molecule has 1 aromatic heterocycles. The summed E-state index contributed by atoms with van der Waals surface area (Å²) >= 11 is 3.43. The summed E-state index contributed by atoms with van der Waals surface area (Å²) < 4.78 is 2.94. The third-order valence-corrected chi connectivity index (χ3v) is 3.86. The molecule has 100 valence electrons. The lowest BCUT2D eigenvalue weighted by Gasteiger charge is -2.21. The Hall–Kier alpha value is -0.810. The van der Waals surface area contributed by atoms with E-state index >= 15 is 0 Å². The lowest BCUT2D eigenvalue weighted by molar-refractivity contribution is 0.0773. The zero-order chi connectivity index (χ0) is 13.1. The molecule has 1 saturated heterocycles. The first-order valence-electron chi connectivity index (χ1n) is 6.46. The summed E-state index contributed by atoms with van der Waals surface area (Å²) in [5, 5.41) is 3.42. The van der Waals surface area contributed by atoms with Gasteiger partial charge in [-0.15, -0.1) is 0 Å². The Morgan fingerprint density at radius 1 is 1.67 bits per heavy atom. The molecule has 0 bridgehead atoms. The Morgan fingerprint density at radius 2 is 2.44 bits per heavy atom. The molecule has 1 unspecified atom stereocenters. The summed E-state index contributed by atoms with van der Waals surface area (Å²) in [6.45, 7) is 4.71. The van der Waals surface area contributed by atoms with E-state index in [-0.39, 0.29) is 5.91 Å². The molecule has 2 heterocycles. The number of rotatable bonds is 4. The Labute approximate surface area is 116 Å². The van der Waals surface area contributed by atoms with Crippen molar-refractivity contribution in [1.29, 1.82) is 0 Å². The zero-order valence-electron chi connectivity index (χ0n) is 10.9. The highest BCUT2D eigenvalue weighted by atomic mass is 79.9. The van der Waals surface area contributed by atoms with Crippen LogP contribution in [0, 0.1) is 0 Å². The number of hydrogen-bond donors (Lipinski definition) is 1. The number of nitrogens with one attached hydrogen (secondary N) is 1. The van der Waals surface area contributed by atoms with Crippen molar-refractivity contribution < 1.29 is 4.79 Å². The van der Waals surface area contributed by atoms with Crippen LogP contribution in [-0.4, -0.2) is 41.6 Å². The average molecular weight is 314 g/mol. The Balaban J connectivity index is 2.04. The minimum atomic E-state index is 0.0938. The molecule has 4 nitrogen and oxygen atoms in total. The van der Waals surface area contributed by atoms with Gasteiger partial charge < -0.3 is 14.8 Å². The van der Waals surface area contributed by atoms with Crippen LogP contribution in [0.5, 0.6) is 0 Å². The van der Waals surface area contributed by atoms with Crippen LogP contribution in [0.4, 0.5) is 0 Å². The molecule has 0 radical (unpaired) electrons. The van der Waals surface area contributed by atoms with Gasteiger partial charge in [0.2, 0.25) is 0 Å². The Bertz CT molecular complexity index is 424. The van der Waals surface area contributed by atoms with E-state index in [0.29, 0.717) is 6.04 Å². The number of carbonyl (C=O) groups excluding carboxylic acids is 1. The zero-order valence-corrected chi connectivity index (χ0v) is 12.5. The van der Waals surface area contributed by atoms with Crippen LogP contribution in [0.15, 0.2) is 16.7 Å². The van der Waals surface area contributed by atoms with Crippen molar-refractivity contribution >= 4 is 21.8 Å². The third kappa shape index (κ3) is 2.95. The highest BCUT2D eigenvalue weighted by molar-refractivity contribution is 9.10. The fourth-order valence-corrected chi connectivity index (χ4v) is 2.90. The molecule has 1 amide bonds. The molecule has 1 aliphatic heterocycles. The van der Waals surface area contributed by atoms with Crippen molar-refractivity contribution in [3.8, 4) is 0 Å². The van der Waals surface area contributed by atoms with Gasteiger partial charge in [0.05, 0.1) is 0 Å². The molecule has 0 saturated carbocycles. The van der Waals surface area contributed by atoms with Crippen molar-refractivity contribution in [2.75, 3.05) is 20.1 Å². The number of aryl methyl sites for hydroxylation is 1. The number of aromatic nitrogens is 1. The molecule has 0 aromatic carbocycles. The second-order valence-electron chi connectivity index (χ2n) is 4.81. The molecular formula is C13H20BrN3O. The van der Waals surface area contributed by atoms with Crippen molar-refractivity contribution in [2.24, 2.45) is 0 Å². The maximum Gasteiger partial charge on any atom is 0.270 e. The molecule has 5 heteroatoms. The minimum Gasteiger partial charge on any atom is -0.343 e. The van der Waals surface area contributed by atoms with Gasteiger partial charge in [-0.1, -0.05) is 0 Å². The lowest BCUT2D eigenvalue weighted by Crippen LogP contribution is -2.39. The van der Waals surface area contributed by atoms with Crippen LogP contribution in [0.1, 0.15) is 30.3 Å². The second kappa shape index (κ2) is 5.89. The van der Waals surface area contributed by atoms with Crippen molar-refractivity contribution in [3.05, 3.63) is 22.4 Å². The quantitative estimate of drug-likeness (QED) is 0.924. The minimum absolute atomic E-state index is 0.0938. The van der Waals surface area contributed by atoms with Crippen LogP contribution >= 0.6 is 15.9 Å². The summed E-state index contributed by atoms with van der Waals surface area (Å²) in [5.74, 6) is 0.0938. The molecule has 0 spiro atoms. The monoisotopic (exact) mass is 313 g/mol. The van der Waals surface area contributed by atoms with E-state index in [1.807, 2.05) is 35.7 Å². The maximum absolute atomic E-state index is 12.4. The van der Waals surface area contributed by atoms with Gasteiger partial charge in [0, 0.05) is 36.8 Å². The fourth-order valence-electron chi connectivity index (χ4n) is 2.44. The van der Waals surface area contributed by atoms with Crippen molar-refractivity contribution in [3.63, 3.8) is 0 Å². The van der Waals surface area contributed by atoms with E-state index < -0.39 is 0 Å². The maximum atomic E-state index is 12.4. The molecule has 0 aliphatic carbocycles. The van der Waals surface area contributed by atoms with Gasteiger partial charge in [-0.25, -0.2) is 0 Å². The molecule has 1 aliphatic rings. The largest absolute Gasteiger partial charge is 0.343 e. The normalized spacial score (nSPS) is 19.2. The first kappa shape index (κ1) is 13.6. The predicted molar refractivity (Wildman–Crippen MR) is 75.8 cm³/mol. The van der Waals surface area contributed by atoms with Crippen LogP contribution in [-0.2, 0) is 6.54 Å². The first-order valence-corrected chi connectivity index (χ1v) is 7.25. The molecule has 1 N–H and O–H groups in total. The molecule has 1 aromatic rings. The highest BCUT2D eigenvalue weighted by Crippen LogP contribution is 2.17. The molecule has 18 heavy (non-hydrogen) atoms. The van der Waals surface area contributed by atoms with Crippen molar-refractivity contribution in [1.82, 2.24) is 14.8 Å². The standard InChI is InChI=1S/C13H20BrN3O/c1-3-17-8-10(14)7-12(17)13(18)16(2)9-11-5-4-6-15-11/h7-8,11,15H,3-6,9H2,1-2H3. The summed E-state index contributed by atoms with van der Waals surface area (Å²) in [6.07, 6.45) is 4.33. The number of hydrogen-bond acceptors (Lipinski definition) is 2. The number of amides is 1. The first-order chi connectivity index (χ1) is 8.61. The van der Waals surface area contributed by atoms with E-state index in [4.69, 9.17) is 0 Å². The smallest absolute Gasteiger partial charge is 0.270 e. The number of likely N-dealkylation sites (N-methyl/N-ethyl adjacent to an activating group) is 1. The van der Waals surface area contributed by atoms with E-state index in [1.54, 1.807) is 0 Å². The van der Waals surface area contributed by atoms with E-state index in [1.165, 1.54) is 6.42 Å². The molecule has 2 rings (SSSR count). The van der Waals surface area contributed by atoms with Crippen LogP contribution in [0.2, 0.25) is 0 Å². The Kier molecular flexibility index (Phi) is 4.45. The van der Waals surface area contributed by atoms with E-state index in [2.05, 4.69) is 21.2 Å². The Morgan fingerprint density at radius 3 is 3.06 bits per heavy atom.